The van der Waals surface area contributed by atoms with Crippen LogP contribution in [0.3, 0.4) is 0 Å². The maximum atomic E-state index is 12.6. The maximum Gasteiger partial charge on any atom is 0.407 e. The number of nitrogens with two attached hydrogens (primary N) is 1. The summed E-state index contributed by atoms with van der Waals surface area (Å²) in [7, 11) is 0. The van der Waals surface area contributed by atoms with Gasteiger partial charge in [-0.05, 0) is 66.1 Å². The summed E-state index contributed by atoms with van der Waals surface area (Å²) in [5, 5.41) is 31.6. The third-order valence-corrected chi connectivity index (χ3v) is 6.12. The Morgan fingerprint density at radius 1 is 0.841 bits per heavy atom. The van der Waals surface area contributed by atoms with Gasteiger partial charge in [0.05, 0.1) is 18.6 Å². The first-order valence-electron chi connectivity index (χ1n) is 13.5. The number of nitrogen functional groups attached to an aromatic ring is 1. The molecule has 0 aliphatic carbocycles. The number of carbonyl (C=O) groups excluding carboxylic acids is 3. The van der Waals surface area contributed by atoms with Crippen molar-refractivity contribution in [3.05, 3.63) is 71.8 Å². The molecular weight excluding hydrogens is 576 g/mol. The van der Waals surface area contributed by atoms with Gasteiger partial charge in [0.1, 0.15) is 30.0 Å². The summed E-state index contributed by atoms with van der Waals surface area (Å²) in [6.45, 7) is 0.173. The number of benzene rings is 3. The molecule has 7 N–H and O–H groups in total. The summed E-state index contributed by atoms with van der Waals surface area (Å²) in [6, 6.07) is 15.5. The largest absolute Gasteiger partial charge is 0.494 e. The second-order valence-corrected chi connectivity index (χ2v) is 9.46. The highest BCUT2D eigenvalue weighted by molar-refractivity contribution is 5.99. The van der Waals surface area contributed by atoms with Gasteiger partial charge in [-0.3, -0.25) is 15.0 Å². The van der Waals surface area contributed by atoms with E-state index in [1.165, 1.54) is 0 Å². The van der Waals surface area contributed by atoms with E-state index in [1.54, 1.807) is 60.7 Å². The van der Waals surface area contributed by atoms with Gasteiger partial charge < -0.3 is 40.8 Å². The van der Waals surface area contributed by atoms with E-state index in [9.17, 15) is 24.0 Å². The number of aliphatic carboxylic acids is 2. The number of fused-ring (bicyclic) bond motifs is 1. The molecule has 0 saturated heterocycles. The zero-order valence-corrected chi connectivity index (χ0v) is 23.5. The van der Waals surface area contributed by atoms with E-state index < -0.39 is 42.4 Å². The molecule has 0 aliphatic rings. The Hall–Kier alpha value is -5.66. The third-order valence-electron chi connectivity index (χ3n) is 6.12. The van der Waals surface area contributed by atoms with Crippen LogP contribution < -0.4 is 25.8 Å². The summed E-state index contributed by atoms with van der Waals surface area (Å²) >= 11 is 0. The molecule has 3 aromatic carbocycles. The van der Waals surface area contributed by atoms with E-state index in [0.717, 1.165) is 10.8 Å². The molecule has 3 aromatic rings. The molecule has 0 aromatic heterocycles. The third kappa shape index (κ3) is 10.6. The molecule has 3 rings (SSSR count). The summed E-state index contributed by atoms with van der Waals surface area (Å²) < 4.78 is 16.0. The van der Waals surface area contributed by atoms with Crippen molar-refractivity contribution in [1.29, 1.82) is 5.41 Å². The number of hydrogen-bond donors (Lipinski definition) is 6. The number of amidine groups is 1. The van der Waals surface area contributed by atoms with Gasteiger partial charge in [0.2, 0.25) is 5.91 Å². The van der Waals surface area contributed by atoms with Crippen molar-refractivity contribution in [2.24, 2.45) is 5.73 Å². The first kappa shape index (κ1) is 32.8. The van der Waals surface area contributed by atoms with Gasteiger partial charge in [-0.15, -0.1) is 0 Å². The van der Waals surface area contributed by atoms with E-state index in [4.69, 9.17) is 35.6 Å². The van der Waals surface area contributed by atoms with Gasteiger partial charge in [0, 0.05) is 18.5 Å². The number of carboxylic acid groups (broad SMARTS) is 2. The number of carboxylic acids is 2. The van der Waals surface area contributed by atoms with Gasteiger partial charge in [-0.1, -0.05) is 18.2 Å². The average Bonchev–Trinajstić information content (AvgIpc) is 2.98. The van der Waals surface area contributed by atoms with Crippen molar-refractivity contribution in [3.63, 3.8) is 0 Å². The second kappa shape index (κ2) is 16.1. The number of nitrogens with one attached hydrogen (secondary N) is 3. The van der Waals surface area contributed by atoms with Crippen molar-refractivity contribution < 1.29 is 48.4 Å². The maximum absolute atomic E-state index is 12.6. The van der Waals surface area contributed by atoms with Crippen molar-refractivity contribution >= 4 is 46.5 Å². The van der Waals surface area contributed by atoms with Crippen LogP contribution in [-0.2, 0) is 19.1 Å². The highest BCUT2D eigenvalue weighted by atomic mass is 16.5. The second-order valence-electron chi connectivity index (χ2n) is 9.46. The Labute approximate surface area is 251 Å². The Morgan fingerprint density at radius 3 is 2.18 bits per heavy atom. The molecule has 232 valence electrons. The van der Waals surface area contributed by atoms with Gasteiger partial charge in [0.15, 0.2) is 0 Å². The standard InChI is InChI=1S/C30H32N4O10/c31-27(32)21-3-2-20-17-23(9-6-19(20)16-21)44-29(40)18-4-7-22(8-5-18)42-14-1-13-33-30(41)43-15-12-25(35)34-24(28(38)39)10-11-26(36)37/h2-9,16-17,24H,1,10-15H2,(H3,31,32)(H,33,41)(H,34,35)(H,36,37)(H,38,39). The van der Waals surface area contributed by atoms with Crippen molar-refractivity contribution in [2.75, 3.05) is 19.8 Å². The number of carbonyl (C=O) groups is 5. The predicted molar refractivity (Wildman–Crippen MR) is 157 cm³/mol. The van der Waals surface area contributed by atoms with Gasteiger partial charge >= 0.3 is 24.0 Å². The minimum absolute atomic E-state index is 0.0305. The molecule has 0 radical (unpaired) electrons. The van der Waals surface area contributed by atoms with E-state index in [-0.39, 0.29) is 38.4 Å². The molecule has 0 aliphatic heterocycles. The van der Waals surface area contributed by atoms with Gasteiger partial charge in [0.25, 0.3) is 0 Å². The van der Waals surface area contributed by atoms with E-state index in [0.29, 0.717) is 29.0 Å². The molecule has 0 fully saturated rings. The monoisotopic (exact) mass is 608 g/mol. The van der Waals surface area contributed by atoms with Crippen LogP contribution in [0, 0.1) is 5.41 Å². The minimum atomic E-state index is -1.36. The van der Waals surface area contributed by atoms with Gasteiger partial charge in [-0.2, -0.15) is 0 Å². The van der Waals surface area contributed by atoms with Crippen LogP contribution in [-0.4, -0.2) is 71.8 Å². The lowest BCUT2D eigenvalue weighted by Gasteiger charge is -2.13. The lowest BCUT2D eigenvalue weighted by Crippen LogP contribution is -2.41. The number of ether oxygens (including phenoxy) is 3. The Kier molecular flexibility index (Phi) is 12.0. The summed E-state index contributed by atoms with van der Waals surface area (Å²) in [5.41, 5.74) is 6.45. The molecule has 14 nitrogen and oxygen atoms in total. The number of esters is 1. The highest BCUT2D eigenvalue weighted by Gasteiger charge is 2.21. The first-order valence-corrected chi connectivity index (χ1v) is 13.5. The van der Waals surface area contributed by atoms with Gasteiger partial charge in [-0.25, -0.2) is 14.4 Å². The number of alkyl carbamates (subject to hydrolysis) is 1. The fourth-order valence-electron chi connectivity index (χ4n) is 3.84. The lowest BCUT2D eigenvalue weighted by atomic mass is 10.1. The summed E-state index contributed by atoms with van der Waals surface area (Å²) in [5.74, 6) is -2.94. The molecule has 0 spiro atoms. The summed E-state index contributed by atoms with van der Waals surface area (Å²) in [6.07, 6.45) is -1.32. The van der Waals surface area contributed by atoms with Crippen LogP contribution in [0.1, 0.15) is 41.6 Å². The predicted octanol–water partition coefficient (Wildman–Crippen LogP) is 2.66. The molecule has 44 heavy (non-hydrogen) atoms. The number of amides is 2. The van der Waals surface area contributed by atoms with Crippen LogP contribution in [0.25, 0.3) is 10.8 Å². The van der Waals surface area contributed by atoms with E-state index in [2.05, 4.69) is 10.6 Å². The Bertz CT molecular complexity index is 1520. The SMILES string of the molecule is N=C(N)c1ccc2cc(OC(=O)c3ccc(OCCCNC(=O)OCCC(=O)NC(CCC(=O)O)C(=O)O)cc3)ccc2c1. The molecule has 0 bridgehead atoms. The Morgan fingerprint density at radius 2 is 1.50 bits per heavy atom. The number of rotatable bonds is 16. The zero-order valence-electron chi connectivity index (χ0n) is 23.5. The van der Waals surface area contributed by atoms with Crippen molar-refractivity contribution in [3.8, 4) is 11.5 Å². The molecule has 0 heterocycles. The molecule has 0 saturated carbocycles. The van der Waals surface area contributed by atoms with Crippen LogP contribution >= 0.6 is 0 Å². The molecule has 1 atom stereocenters. The van der Waals surface area contributed by atoms with E-state index >= 15 is 0 Å². The molecular formula is C30H32N4O10. The van der Waals surface area contributed by atoms with Crippen LogP contribution in [0.5, 0.6) is 11.5 Å². The average molecular weight is 609 g/mol. The fraction of sp³-hybridized carbons (Fsp3) is 0.267. The molecule has 2 amide bonds. The van der Waals surface area contributed by atoms with E-state index in [1.807, 2.05) is 0 Å². The van der Waals surface area contributed by atoms with Crippen molar-refractivity contribution in [2.45, 2.75) is 31.7 Å². The normalized spacial score (nSPS) is 11.2. The first-order chi connectivity index (χ1) is 21.0. The van der Waals surface area contributed by atoms with Crippen LogP contribution in [0.4, 0.5) is 4.79 Å². The fourth-order valence-corrected chi connectivity index (χ4v) is 3.84. The summed E-state index contributed by atoms with van der Waals surface area (Å²) in [4.78, 5) is 57.9. The van der Waals surface area contributed by atoms with Crippen LogP contribution in [0.15, 0.2) is 60.7 Å². The smallest absolute Gasteiger partial charge is 0.407 e. The zero-order chi connectivity index (χ0) is 32.1. The molecule has 1 unspecified atom stereocenters. The van der Waals surface area contributed by atoms with Crippen molar-refractivity contribution in [1.82, 2.24) is 10.6 Å². The topological polar surface area (TPSA) is 227 Å². The Balaban J connectivity index is 1.32. The quantitative estimate of drug-likeness (QED) is 0.0455. The minimum Gasteiger partial charge on any atom is -0.494 e. The number of hydrogen-bond acceptors (Lipinski definition) is 9. The van der Waals surface area contributed by atoms with Crippen LogP contribution in [0.2, 0.25) is 0 Å². The molecule has 14 heteroatoms. The lowest BCUT2D eigenvalue weighted by molar-refractivity contribution is -0.143. The highest BCUT2D eigenvalue weighted by Crippen LogP contribution is 2.23.